The molecule has 0 radical (unpaired) electrons. The molecule has 4 heteroatoms. The van der Waals surface area contributed by atoms with Crippen molar-refractivity contribution >= 4 is 5.91 Å². The smallest absolute Gasteiger partial charge is 0.217 e. The molecule has 0 heterocycles. The van der Waals surface area contributed by atoms with E-state index in [4.69, 9.17) is 0 Å². The van der Waals surface area contributed by atoms with Gasteiger partial charge in [0.2, 0.25) is 5.91 Å². The van der Waals surface area contributed by atoms with E-state index in [0.29, 0.717) is 0 Å². The van der Waals surface area contributed by atoms with Crippen LogP contribution < -0.4 is 5.32 Å². The van der Waals surface area contributed by atoms with Gasteiger partial charge in [0, 0.05) is 19.0 Å². The summed E-state index contributed by atoms with van der Waals surface area (Å²) in [6, 6.07) is 3.86. The van der Waals surface area contributed by atoms with Crippen molar-refractivity contribution < 1.29 is 13.6 Å². The van der Waals surface area contributed by atoms with Gasteiger partial charge in [-0.25, -0.2) is 8.78 Å². The average Bonchev–Trinajstić information content (AvgIpc) is 2.07. The summed E-state index contributed by atoms with van der Waals surface area (Å²) >= 11 is 0. The van der Waals surface area contributed by atoms with Gasteiger partial charge < -0.3 is 5.32 Å². The van der Waals surface area contributed by atoms with Crippen molar-refractivity contribution in [3.05, 3.63) is 35.4 Å². The van der Waals surface area contributed by atoms with Crippen LogP contribution in [0.3, 0.4) is 0 Å². The first-order valence-corrected chi connectivity index (χ1v) is 3.78. The third-order valence-electron chi connectivity index (χ3n) is 1.56. The highest BCUT2D eigenvalue weighted by atomic mass is 19.2. The SMILES string of the molecule is CC(=O)NCc1cccc(F)c1F. The summed E-state index contributed by atoms with van der Waals surface area (Å²) in [7, 11) is 0. The van der Waals surface area contributed by atoms with Gasteiger partial charge in [-0.05, 0) is 6.07 Å². The minimum Gasteiger partial charge on any atom is -0.352 e. The zero-order valence-corrected chi connectivity index (χ0v) is 7.10. The van der Waals surface area contributed by atoms with Crippen LogP contribution in [0.4, 0.5) is 8.78 Å². The first-order chi connectivity index (χ1) is 6.11. The van der Waals surface area contributed by atoms with Gasteiger partial charge in [-0.1, -0.05) is 12.1 Å². The fraction of sp³-hybridized carbons (Fsp3) is 0.222. The van der Waals surface area contributed by atoms with E-state index in [2.05, 4.69) is 5.32 Å². The van der Waals surface area contributed by atoms with Crippen molar-refractivity contribution in [1.82, 2.24) is 5.32 Å². The van der Waals surface area contributed by atoms with E-state index in [-0.39, 0.29) is 18.0 Å². The van der Waals surface area contributed by atoms with Crippen LogP contribution in [-0.4, -0.2) is 5.91 Å². The topological polar surface area (TPSA) is 29.1 Å². The number of nitrogens with one attached hydrogen (secondary N) is 1. The maximum Gasteiger partial charge on any atom is 0.217 e. The van der Waals surface area contributed by atoms with Gasteiger partial charge in [0.1, 0.15) is 0 Å². The van der Waals surface area contributed by atoms with Crippen molar-refractivity contribution in [2.45, 2.75) is 13.5 Å². The molecule has 13 heavy (non-hydrogen) atoms. The highest BCUT2D eigenvalue weighted by Gasteiger charge is 2.06. The summed E-state index contributed by atoms with van der Waals surface area (Å²) in [6.45, 7) is 1.33. The predicted molar refractivity (Wildman–Crippen MR) is 43.9 cm³/mol. The van der Waals surface area contributed by atoms with Crippen molar-refractivity contribution in [1.29, 1.82) is 0 Å². The first kappa shape index (κ1) is 9.64. The van der Waals surface area contributed by atoms with Crippen LogP contribution in [0.25, 0.3) is 0 Å². The molecule has 1 aromatic rings. The number of hydrogen-bond donors (Lipinski definition) is 1. The molecular formula is C9H9F2NO. The van der Waals surface area contributed by atoms with Crippen LogP contribution in [0.15, 0.2) is 18.2 Å². The second kappa shape index (κ2) is 3.98. The third kappa shape index (κ3) is 2.50. The molecule has 0 aliphatic rings. The monoisotopic (exact) mass is 185 g/mol. The number of halogens is 2. The van der Waals surface area contributed by atoms with Gasteiger partial charge in [0.25, 0.3) is 0 Å². The van der Waals surface area contributed by atoms with Gasteiger partial charge in [-0.2, -0.15) is 0 Å². The second-order valence-corrected chi connectivity index (χ2v) is 2.62. The summed E-state index contributed by atoms with van der Waals surface area (Å²) in [5.74, 6) is -2.08. The van der Waals surface area contributed by atoms with Gasteiger partial charge in [0.05, 0.1) is 0 Å². The Balaban J connectivity index is 2.77. The molecule has 2 nitrogen and oxygen atoms in total. The normalized spacial score (nSPS) is 9.77. The fourth-order valence-corrected chi connectivity index (χ4v) is 0.905. The summed E-state index contributed by atoms with van der Waals surface area (Å²) in [6.07, 6.45) is 0. The highest BCUT2D eigenvalue weighted by molar-refractivity contribution is 5.72. The van der Waals surface area contributed by atoms with Gasteiger partial charge in [0.15, 0.2) is 11.6 Å². The van der Waals surface area contributed by atoms with E-state index >= 15 is 0 Å². The van der Waals surface area contributed by atoms with Crippen molar-refractivity contribution in [3.8, 4) is 0 Å². The van der Waals surface area contributed by atoms with Crippen molar-refractivity contribution in [2.75, 3.05) is 0 Å². The highest BCUT2D eigenvalue weighted by Crippen LogP contribution is 2.10. The number of rotatable bonds is 2. The van der Waals surface area contributed by atoms with E-state index in [1.54, 1.807) is 0 Å². The number of hydrogen-bond acceptors (Lipinski definition) is 1. The number of carbonyl (C=O) groups is 1. The molecule has 1 N–H and O–H groups in total. The van der Waals surface area contributed by atoms with Crippen LogP contribution in [0, 0.1) is 11.6 Å². The lowest BCUT2D eigenvalue weighted by atomic mass is 10.2. The molecular weight excluding hydrogens is 176 g/mol. The standard InChI is InChI=1S/C9H9F2NO/c1-6(13)12-5-7-3-2-4-8(10)9(7)11/h2-4H,5H2,1H3,(H,12,13). The molecule has 0 atom stereocenters. The zero-order chi connectivity index (χ0) is 9.84. The molecule has 0 spiro atoms. The fourth-order valence-electron chi connectivity index (χ4n) is 0.905. The van der Waals surface area contributed by atoms with E-state index in [9.17, 15) is 13.6 Å². The van der Waals surface area contributed by atoms with Crippen molar-refractivity contribution in [2.24, 2.45) is 0 Å². The number of amides is 1. The Kier molecular flexibility index (Phi) is 2.95. The minimum atomic E-state index is -0.906. The predicted octanol–water partition coefficient (Wildman–Crippen LogP) is 1.60. The maximum atomic E-state index is 12.9. The van der Waals surface area contributed by atoms with E-state index in [1.807, 2.05) is 0 Å². The van der Waals surface area contributed by atoms with Crippen LogP contribution >= 0.6 is 0 Å². The number of benzene rings is 1. The minimum absolute atomic E-state index is 0.0128. The lowest BCUT2D eigenvalue weighted by Crippen LogP contribution is -2.19. The molecule has 0 aliphatic heterocycles. The Hall–Kier alpha value is -1.45. The Morgan fingerprint density at radius 3 is 2.77 bits per heavy atom. The Morgan fingerprint density at radius 1 is 1.46 bits per heavy atom. The van der Waals surface area contributed by atoms with E-state index in [1.165, 1.54) is 19.1 Å². The maximum absolute atomic E-state index is 12.9. The van der Waals surface area contributed by atoms with Crippen LogP contribution in [0.5, 0.6) is 0 Å². The van der Waals surface area contributed by atoms with Crippen LogP contribution in [0.2, 0.25) is 0 Å². The van der Waals surface area contributed by atoms with E-state index in [0.717, 1.165) is 6.07 Å². The van der Waals surface area contributed by atoms with Crippen molar-refractivity contribution in [3.63, 3.8) is 0 Å². The summed E-state index contributed by atoms with van der Waals surface area (Å²) in [4.78, 5) is 10.5. The molecule has 70 valence electrons. The first-order valence-electron chi connectivity index (χ1n) is 3.78. The molecule has 0 saturated carbocycles. The third-order valence-corrected chi connectivity index (χ3v) is 1.56. The molecule has 0 fully saturated rings. The Morgan fingerprint density at radius 2 is 2.15 bits per heavy atom. The van der Waals surface area contributed by atoms with Crippen LogP contribution in [-0.2, 0) is 11.3 Å². The molecule has 1 amide bonds. The lowest BCUT2D eigenvalue weighted by molar-refractivity contribution is -0.119. The van der Waals surface area contributed by atoms with Gasteiger partial charge in [-0.3, -0.25) is 4.79 Å². The average molecular weight is 185 g/mol. The second-order valence-electron chi connectivity index (χ2n) is 2.62. The van der Waals surface area contributed by atoms with E-state index < -0.39 is 11.6 Å². The summed E-state index contributed by atoms with van der Waals surface area (Å²) in [5.41, 5.74) is 0.148. The molecule has 0 bridgehead atoms. The Bertz CT molecular complexity index is 325. The molecule has 0 saturated heterocycles. The van der Waals surface area contributed by atoms with Crippen LogP contribution in [0.1, 0.15) is 12.5 Å². The molecule has 1 rings (SSSR count). The molecule has 1 aromatic carbocycles. The lowest BCUT2D eigenvalue weighted by Gasteiger charge is -2.03. The largest absolute Gasteiger partial charge is 0.352 e. The molecule has 0 aliphatic carbocycles. The number of carbonyl (C=O) groups excluding carboxylic acids is 1. The van der Waals surface area contributed by atoms with Gasteiger partial charge in [-0.15, -0.1) is 0 Å². The quantitative estimate of drug-likeness (QED) is 0.745. The summed E-state index contributed by atoms with van der Waals surface area (Å²) in [5, 5.41) is 2.38. The Labute approximate surface area is 74.6 Å². The zero-order valence-electron chi connectivity index (χ0n) is 7.10. The molecule has 0 unspecified atom stereocenters. The van der Waals surface area contributed by atoms with Gasteiger partial charge >= 0.3 is 0 Å². The summed E-state index contributed by atoms with van der Waals surface area (Å²) < 4.78 is 25.5. The molecule has 0 aromatic heterocycles.